The molecule has 1 unspecified atom stereocenters. The molecule has 0 aliphatic carbocycles. The number of ether oxygens (including phenoxy) is 1. The third-order valence-corrected chi connectivity index (χ3v) is 4.22. The number of aromatic nitrogens is 2. The molecule has 7 nitrogen and oxygen atoms in total. The zero-order chi connectivity index (χ0) is 16.2. The molecule has 23 heavy (non-hydrogen) atoms. The quantitative estimate of drug-likeness (QED) is 0.934. The zero-order valence-corrected chi connectivity index (χ0v) is 13.3. The SMILES string of the molecule is COc1ccc(C2CCN(C(=O)NCc3nonc3C)C2)cc1. The molecule has 1 aromatic heterocycles. The predicted octanol–water partition coefficient (Wildman–Crippen LogP) is 2.09. The number of carbonyl (C=O) groups excluding carboxylic acids is 1. The van der Waals surface area contributed by atoms with Crippen molar-refractivity contribution in [2.75, 3.05) is 20.2 Å². The summed E-state index contributed by atoms with van der Waals surface area (Å²) in [4.78, 5) is 14.1. The lowest BCUT2D eigenvalue weighted by molar-refractivity contribution is 0.207. The van der Waals surface area contributed by atoms with Crippen LogP contribution in [0.1, 0.15) is 29.3 Å². The molecule has 0 radical (unpaired) electrons. The molecule has 1 aliphatic heterocycles. The van der Waals surface area contributed by atoms with Crippen molar-refractivity contribution in [3.63, 3.8) is 0 Å². The summed E-state index contributed by atoms with van der Waals surface area (Å²) in [6.07, 6.45) is 0.963. The third-order valence-electron chi connectivity index (χ3n) is 4.22. The summed E-state index contributed by atoms with van der Waals surface area (Å²) in [5.74, 6) is 1.21. The summed E-state index contributed by atoms with van der Waals surface area (Å²) in [6, 6.07) is 7.96. The van der Waals surface area contributed by atoms with Crippen molar-refractivity contribution in [2.24, 2.45) is 0 Å². The lowest BCUT2D eigenvalue weighted by Gasteiger charge is -2.17. The number of amides is 2. The van der Waals surface area contributed by atoms with Gasteiger partial charge in [0.05, 0.1) is 13.7 Å². The fraction of sp³-hybridized carbons (Fsp3) is 0.438. The van der Waals surface area contributed by atoms with Crippen LogP contribution in [0, 0.1) is 6.92 Å². The number of hydrogen-bond acceptors (Lipinski definition) is 5. The average molecular weight is 316 g/mol. The molecule has 2 amide bonds. The van der Waals surface area contributed by atoms with E-state index in [0.717, 1.165) is 18.7 Å². The first kappa shape index (κ1) is 15.3. The van der Waals surface area contributed by atoms with Gasteiger partial charge in [-0.05, 0) is 31.0 Å². The summed E-state index contributed by atoms with van der Waals surface area (Å²) < 4.78 is 9.80. The van der Waals surface area contributed by atoms with Gasteiger partial charge in [-0.1, -0.05) is 22.4 Å². The molecule has 1 aromatic carbocycles. The van der Waals surface area contributed by atoms with Crippen LogP contribution in [0.2, 0.25) is 0 Å². The largest absolute Gasteiger partial charge is 0.497 e. The maximum atomic E-state index is 12.2. The Morgan fingerprint density at radius 3 is 2.83 bits per heavy atom. The zero-order valence-electron chi connectivity index (χ0n) is 13.3. The molecule has 1 saturated heterocycles. The van der Waals surface area contributed by atoms with Crippen molar-refractivity contribution in [1.82, 2.24) is 20.5 Å². The van der Waals surface area contributed by atoms with Gasteiger partial charge >= 0.3 is 6.03 Å². The number of likely N-dealkylation sites (tertiary alicyclic amines) is 1. The second-order valence-corrected chi connectivity index (χ2v) is 5.66. The van der Waals surface area contributed by atoms with E-state index in [1.165, 1.54) is 5.56 Å². The number of carbonyl (C=O) groups is 1. The Hall–Kier alpha value is -2.57. The van der Waals surface area contributed by atoms with Gasteiger partial charge in [0.1, 0.15) is 17.1 Å². The van der Waals surface area contributed by atoms with Crippen LogP contribution in [0.15, 0.2) is 28.9 Å². The van der Waals surface area contributed by atoms with Gasteiger partial charge in [0.2, 0.25) is 0 Å². The van der Waals surface area contributed by atoms with Crippen molar-refractivity contribution in [2.45, 2.75) is 25.8 Å². The fourth-order valence-electron chi connectivity index (χ4n) is 2.77. The Morgan fingerprint density at radius 1 is 1.39 bits per heavy atom. The molecular formula is C16H20N4O3. The lowest BCUT2D eigenvalue weighted by atomic mass is 9.98. The van der Waals surface area contributed by atoms with Gasteiger partial charge in [-0.25, -0.2) is 9.42 Å². The second-order valence-electron chi connectivity index (χ2n) is 5.66. The highest BCUT2D eigenvalue weighted by Crippen LogP contribution is 2.28. The first-order valence-corrected chi connectivity index (χ1v) is 7.62. The summed E-state index contributed by atoms with van der Waals surface area (Å²) in [5, 5.41) is 10.3. The normalized spacial score (nSPS) is 17.3. The number of methoxy groups -OCH3 is 1. The highest BCUT2D eigenvalue weighted by molar-refractivity contribution is 5.74. The number of rotatable bonds is 4. The number of benzene rings is 1. The van der Waals surface area contributed by atoms with Crippen molar-refractivity contribution >= 4 is 6.03 Å². The summed E-state index contributed by atoms with van der Waals surface area (Å²) in [5.41, 5.74) is 2.59. The molecule has 0 saturated carbocycles. The van der Waals surface area contributed by atoms with Crippen molar-refractivity contribution < 1.29 is 14.2 Å². The molecule has 0 bridgehead atoms. The van der Waals surface area contributed by atoms with Crippen LogP contribution < -0.4 is 10.1 Å². The van der Waals surface area contributed by atoms with Crippen molar-refractivity contribution in [3.8, 4) is 5.75 Å². The van der Waals surface area contributed by atoms with Crippen LogP contribution >= 0.6 is 0 Å². The minimum absolute atomic E-state index is 0.0802. The second kappa shape index (κ2) is 6.68. The molecule has 1 atom stereocenters. The van der Waals surface area contributed by atoms with Crippen molar-refractivity contribution in [1.29, 1.82) is 0 Å². The highest BCUT2D eigenvalue weighted by Gasteiger charge is 2.27. The van der Waals surface area contributed by atoms with Crippen LogP contribution in [0.3, 0.4) is 0 Å². The first-order chi connectivity index (χ1) is 11.2. The van der Waals surface area contributed by atoms with E-state index in [9.17, 15) is 4.79 Å². The average Bonchev–Trinajstić information content (AvgIpc) is 3.22. The Morgan fingerprint density at radius 2 is 2.17 bits per heavy atom. The summed E-state index contributed by atoms with van der Waals surface area (Å²) in [6.45, 7) is 3.60. The lowest BCUT2D eigenvalue weighted by Crippen LogP contribution is -2.38. The topological polar surface area (TPSA) is 80.5 Å². The minimum atomic E-state index is -0.0802. The highest BCUT2D eigenvalue weighted by atomic mass is 16.6. The third kappa shape index (κ3) is 3.44. The molecule has 1 aliphatic rings. The molecule has 2 heterocycles. The van der Waals surface area contributed by atoms with Gasteiger partial charge in [0.15, 0.2) is 0 Å². The fourth-order valence-corrected chi connectivity index (χ4v) is 2.77. The molecule has 2 aromatic rings. The Balaban J connectivity index is 1.54. The number of hydrogen-bond donors (Lipinski definition) is 1. The van der Waals surface area contributed by atoms with Gasteiger partial charge < -0.3 is 15.0 Å². The molecular weight excluding hydrogens is 296 g/mol. The predicted molar refractivity (Wildman–Crippen MR) is 83.2 cm³/mol. The van der Waals surface area contributed by atoms with Gasteiger partial charge in [-0.3, -0.25) is 0 Å². The monoisotopic (exact) mass is 316 g/mol. The standard InChI is InChI=1S/C16H20N4O3/c1-11-15(19-23-18-11)9-17-16(21)20-8-7-13(10-20)12-3-5-14(22-2)6-4-12/h3-6,13H,7-10H2,1-2H3,(H,17,21). The van der Waals surface area contributed by atoms with Gasteiger partial charge in [-0.15, -0.1) is 0 Å². The molecule has 122 valence electrons. The van der Waals surface area contributed by atoms with E-state index in [-0.39, 0.29) is 6.03 Å². The van der Waals surface area contributed by atoms with E-state index < -0.39 is 0 Å². The van der Waals surface area contributed by atoms with Gasteiger partial charge in [-0.2, -0.15) is 0 Å². The smallest absolute Gasteiger partial charge is 0.317 e. The number of urea groups is 1. The molecule has 1 N–H and O–H groups in total. The molecule has 7 heteroatoms. The van der Waals surface area contributed by atoms with E-state index in [1.54, 1.807) is 14.0 Å². The summed E-state index contributed by atoms with van der Waals surface area (Å²) in [7, 11) is 1.66. The Kier molecular flexibility index (Phi) is 4.45. The van der Waals surface area contributed by atoms with Crippen LogP contribution in [-0.4, -0.2) is 41.4 Å². The van der Waals surface area contributed by atoms with Crippen LogP contribution in [0.5, 0.6) is 5.75 Å². The van der Waals surface area contributed by atoms with Crippen molar-refractivity contribution in [3.05, 3.63) is 41.2 Å². The van der Waals surface area contributed by atoms with E-state index in [4.69, 9.17) is 4.74 Å². The van der Waals surface area contributed by atoms with Crippen LogP contribution in [-0.2, 0) is 6.54 Å². The molecule has 3 rings (SSSR count). The summed E-state index contributed by atoms with van der Waals surface area (Å²) >= 11 is 0. The number of nitrogens with one attached hydrogen (secondary N) is 1. The number of aryl methyl sites for hydroxylation is 1. The van der Waals surface area contributed by atoms with E-state index in [1.807, 2.05) is 17.0 Å². The van der Waals surface area contributed by atoms with Crippen LogP contribution in [0.25, 0.3) is 0 Å². The van der Waals surface area contributed by atoms with Gasteiger partial charge in [0, 0.05) is 19.0 Å². The van der Waals surface area contributed by atoms with E-state index in [0.29, 0.717) is 30.4 Å². The number of nitrogens with zero attached hydrogens (tertiary/aromatic N) is 3. The van der Waals surface area contributed by atoms with Crippen LogP contribution in [0.4, 0.5) is 4.79 Å². The van der Waals surface area contributed by atoms with Gasteiger partial charge in [0.25, 0.3) is 0 Å². The van der Waals surface area contributed by atoms with E-state index in [2.05, 4.69) is 32.4 Å². The Bertz CT molecular complexity index is 668. The maximum absolute atomic E-state index is 12.2. The molecule has 0 spiro atoms. The molecule has 1 fully saturated rings. The maximum Gasteiger partial charge on any atom is 0.317 e. The minimum Gasteiger partial charge on any atom is -0.497 e. The Labute approximate surface area is 134 Å². The first-order valence-electron chi connectivity index (χ1n) is 7.62. The van der Waals surface area contributed by atoms with E-state index >= 15 is 0 Å².